The van der Waals surface area contributed by atoms with Crippen LogP contribution in [-0.2, 0) is 4.74 Å². The first-order valence-electron chi connectivity index (χ1n) is 6.32. The summed E-state index contributed by atoms with van der Waals surface area (Å²) in [6.07, 6.45) is 7.13. The minimum absolute atomic E-state index is 0.0868. The van der Waals surface area contributed by atoms with Crippen molar-refractivity contribution in [2.75, 3.05) is 6.61 Å². The van der Waals surface area contributed by atoms with Gasteiger partial charge < -0.3 is 9.84 Å². The van der Waals surface area contributed by atoms with Gasteiger partial charge in [-0.2, -0.15) is 0 Å². The molecule has 104 valence electrons. The van der Waals surface area contributed by atoms with Gasteiger partial charge in [-0.1, -0.05) is 0 Å². The molecule has 0 saturated carbocycles. The van der Waals surface area contributed by atoms with E-state index in [4.69, 9.17) is 9.84 Å². The van der Waals surface area contributed by atoms with E-state index in [2.05, 4.69) is 20.1 Å². The largest absolute Gasteiger partial charge is 0.476 e. The van der Waals surface area contributed by atoms with Crippen LogP contribution in [0, 0.1) is 0 Å². The summed E-state index contributed by atoms with van der Waals surface area (Å²) in [6.45, 7) is 0.729. The molecule has 2 aromatic heterocycles. The minimum atomic E-state index is -1.11. The molecule has 1 fully saturated rings. The average molecular weight is 275 g/mol. The molecule has 0 aliphatic carbocycles. The monoisotopic (exact) mass is 275 g/mol. The molecular weight excluding hydrogens is 262 g/mol. The van der Waals surface area contributed by atoms with Crippen molar-refractivity contribution in [3.8, 4) is 11.5 Å². The zero-order chi connectivity index (χ0) is 13.9. The molecule has 2 aromatic rings. The number of carbonyl (C=O) groups is 1. The Morgan fingerprint density at radius 3 is 2.85 bits per heavy atom. The van der Waals surface area contributed by atoms with Crippen LogP contribution in [-0.4, -0.2) is 42.4 Å². The van der Waals surface area contributed by atoms with Crippen LogP contribution in [0.15, 0.2) is 18.7 Å². The van der Waals surface area contributed by atoms with Crippen LogP contribution in [0.25, 0.3) is 11.5 Å². The molecule has 3 rings (SSSR count). The number of nitrogens with zero attached hydrogens (tertiary/aromatic N) is 5. The first-order valence-corrected chi connectivity index (χ1v) is 6.32. The number of carboxylic acid groups (broad SMARTS) is 1. The van der Waals surface area contributed by atoms with Crippen LogP contribution >= 0.6 is 0 Å². The van der Waals surface area contributed by atoms with Crippen LogP contribution < -0.4 is 0 Å². The van der Waals surface area contributed by atoms with E-state index >= 15 is 0 Å². The van der Waals surface area contributed by atoms with Crippen molar-refractivity contribution < 1.29 is 14.6 Å². The Hall–Kier alpha value is -2.35. The fourth-order valence-electron chi connectivity index (χ4n) is 2.02. The van der Waals surface area contributed by atoms with Crippen molar-refractivity contribution in [2.24, 2.45) is 0 Å². The molecule has 0 amide bonds. The lowest BCUT2D eigenvalue weighted by atomic mass is 10.2. The summed E-state index contributed by atoms with van der Waals surface area (Å²) in [6, 6.07) is 0. The molecule has 0 radical (unpaired) electrons. The summed E-state index contributed by atoms with van der Waals surface area (Å²) in [5.41, 5.74) is 0.327. The number of carboxylic acids is 1. The lowest BCUT2D eigenvalue weighted by molar-refractivity contribution is -0.0395. The lowest BCUT2D eigenvalue weighted by Gasteiger charge is -2.21. The van der Waals surface area contributed by atoms with E-state index < -0.39 is 5.97 Å². The second kappa shape index (κ2) is 5.33. The quantitative estimate of drug-likeness (QED) is 0.895. The summed E-state index contributed by atoms with van der Waals surface area (Å²) >= 11 is 0. The highest BCUT2D eigenvalue weighted by molar-refractivity contribution is 5.84. The Labute approximate surface area is 114 Å². The minimum Gasteiger partial charge on any atom is -0.476 e. The first-order chi connectivity index (χ1) is 9.74. The van der Waals surface area contributed by atoms with Gasteiger partial charge in [-0.15, -0.1) is 5.10 Å². The van der Waals surface area contributed by atoms with Gasteiger partial charge >= 0.3 is 5.97 Å². The Balaban J connectivity index is 1.80. The number of ether oxygens (including phenoxy) is 1. The van der Waals surface area contributed by atoms with Crippen molar-refractivity contribution in [3.63, 3.8) is 0 Å². The van der Waals surface area contributed by atoms with Gasteiger partial charge in [-0.25, -0.2) is 24.4 Å². The van der Waals surface area contributed by atoms with Crippen molar-refractivity contribution in [1.29, 1.82) is 0 Å². The molecule has 1 aliphatic heterocycles. The van der Waals surface area contributed by atoms with E-state index in [9.17, 15) is 4.79 Å². The van der Waals surface area contributed by atoms with E-state index in [0.29, 0.717) is 11.5 Å². The third kappa shape index (κ3) is 2.50. The normalized spacial score (nSPS) is 18.9. The number of aromatic carboxylic acids is 1. The van der Waals surface area contributed by atoms with Gasteiger partial charge in [0.05, 0.1) is 12.4 Å². The summed E-state index contributed by atoms with van der Waals surface area (Å²) in [7, 11) is 0. The van der Waals surface area contributed by atoms with Crippen LogP contribution in [0.4, 0.5) is 0 Å². The topological polar surface area (TPSA) is 103 Å². The smallest absolute Gasteiger partial charge is 0.356 e. The second-order valence-corrected chi connectivity index (χ2v) is 4.46. The summed E-state index contributed by atoms with van der Waals surface area (Å²) in [5.74, 6) is -0.707. The maximum absolute atomic E-state index is 10.7. The van der Waals surface area contributed by atoms with Gasteiger partial charge in [0.15, 0.2) is 11.9 Å². The van der Waals surface area contributed by atoms with Crippen LogP contribution in [0.5, 0.6) is 0 Å². The molecule has 1 aliphatic rings. The SMILES string of the molecule is O=C(O)c1cnc(-c2ncn(C3CCCCO3)n2)cn1. The molecule has 8 heteroatoms. The van der Waals surface area contributed by atoms with Crippen molar-refractivity contribution in [1.82, 2.24) is 24.7 Å². The highest BCUT2D eigenvalue weighted by Crippen LogP contribution is 2.22. The number of rotatable bonds is 3. The third-order valence-corrected chi connectivity index (χ3v) is 3.06. The van der Waals surface area contributed by atoms with E-state index in [0.717, 1.165) is 25.9 Å². The molecule has 1 N–H and O–H groups in total. The average Bonchev–Trinajstić information content (AvgIpc) is 2.98. The number of hydrogen-bond donors (Lipinski definition) is 1. The Morgan fingerprint density at radius 1 is 1.30 bits per heavy atom. The summed E-state index contributed by atoms with van der Waals surface area (Å²) in [4.78, 5) is 22.7. The van der Waals surface area contributed by atoms with E-state index in [1.165, 1.54) is 12.4 Å². The van der Waals surface area contributed by atoms with Gasteiger partial charge in [0.25, 0.3) is 0 Å². The number of hydrogen-bond acceptors (Lipinski definition) is 6. The Morgan fingerprint density at radius 2 is 2.20 bits per heavy atom. The Bertz CT molecular complexity index is 604. The fraction of sp³-hybridized carbons (Fsp3) is 0.417. The fourth-order valence-corrected chi connectivity index (χ4v) is 2.02. The highest BCUT2D eigenvalue weighted by atomic mass is 16.5. The molecule has 0 bridgehead atoms. The van der Waals surface area contributed by atoms with Gasteiger partial charge in [0.2, 0.25) is 5.82 Å². The van der Waals surface area contributed by atoms with Crippen molar-refractivity contribution in [3.05, 3.63) is 24.4 Å². The maximum Gasteiger partial charge on any atom is 0.356 e. The van der Waals surface area contributed by atoms with Crippen molar-refractivity contribution in [2.45, 2.75) is 25.5 Å². The molecular formula is C12H13N5O3. The summed E-state index contributed by atoms with van der Waals surface area (Å²) in [5, 5.41) is 13.1. The predicted octanol–water partition coefficient (Wildman–Crippen LogP) is 1.13. The highest BCUT2D eigenvalue weighted by Gasteiger charge is 2.18. The molecule has 0 spiro atoms. The predicted molar refractivity (Wildman–Crippen MR) is 66.8 cm³/mol. The maximum atomic E-state index is 10.7. The molecule has 20 heavy (non-hydrogen) atoms. The molecule has 1 unspecified atom stereocenters. The van der Waals surface area contributed by atoms with Gasteiger partial charge in [0.1, 0.15) is 12.0 Å². The third-order valence-electron chi connectivity index (χ3n) is 3.06. The number of aromatic nitrogens is 5. The second-order valence-electron chi connectivity index (χ2n) is 4.46. The lowest BCUT2D eigenvalue weighted by Crippen LogP contribution is -2.18. The van der Waals surface area contributed by atoms with Crippen molar-refractivity contribution >= 4 is 5.97 Å². The zero-order valence-electron chi connectivity index (χ0n) is 10.6. The van der Waals surface area contributed by atoms with Gasteiger partial charge in [-0.05, 0) is 19.3 Å². The van der Waals surface area contributed by atoms with E-state index in [1.807, 2.05) is 0 Å². The Kier molecular flexibility index (Phi) is 3.38. The standard InChI is InChI=1S/C12H13N5O3/c18-12(19)9-6-13-8(5-14-9)11-15-7-17(16-11)10-3-1-2-4-20-10/h5-7,10H,1-4H2,(H,18,19). The van der Waals surface area contributed by atoms with Crippen LogP contribution in [0.3, 0.4) is 0 Å². The summed E-state index contributed by atoms with van der Waals surface area (Å²) < 4.78 is 7.28. The van der Waals surface area contributed by atoms with Gasteiger partial charge in [0, 0.05) is 6.61 Å². The van der Waals surface area contributed by atoms with Crippen LogP contribution in [0.1, 0.15) is 36.0 Å². The molecule has 3 heterocycles. The van der Waals surface area contributed by atoms with Gasteiger partial charge in [-0.3, -0.25) is 0 Å². The molecule has 1 atom stereocenters. The van der Waals surface area contributed by atoms with Crippen LogP contribution in [0.2, 0.25) is 0 Å². The zero-order valence-corrected chi connectivity index (χ0v) is 10.6. The molecule has 8 nitrogen and oxygen atoms in total. The molecule has 0 aromatic carbocycles. The van der Waals surface area contributed by atoms with E-state index in [-0.39, 0.29) is 11.9 Å². The van der Waals surface area contributed by atoms with E-state index in [1.54, 1.807) is 11.0 Å². The molecule has 1 saturated heterocycles. The first kappa shape index (κ1) is 12.7.